The van der Waals surface area contributed by atoms with E-state index in [0.29, 0.717) is 24.2 Å². The molecule has 0 unspecified atom stereocenters. The molecule has 3 aliphatic rings. The van der Waals surface area contributed by atoms with Crippen LogP contribution in [0.1, 0.15) is 57.8 Å². The maximum atomic E-state index is 13.0. The number of rotatable bonds is 3. The average molecular weight is 312 g/mol. The number of hydrogen-bond acceptors (Lipinski definition) is 1. The maximum Gasteiger partial charge on any atom is 0.206 e. The number of aromatic nitrogens is 1. The number of fused-ring (bicyclic) bond motifs is 2. The Labute approximate surface area is 140 Å². The van der Waals surface area contributed by atoms with Crippen LogP contribution in [0.15, 0.2) is 30.6 Å². The van der Waals surface area contributed by atoms with Crippen molar-refractivity contribution in [2.24, 2.45) is 29.6 Å². The van der Waals surface area contributed by atoms with Crippen molar-refractivity contribution in [1.82, 2.24) is 0 Å². The number of nitrogens with zero attached hydrogens (tertiary/aromatic N) is 1. The largest absolute Gasteiger partial charge is 0.292 e. The van der Waals surface area contributed by atoms with Crippen LogP contribution >= 0.6 is 0 Å². The molecule has 0 spiro atoms. The normalized spacial score (nSPS) is 36.8. The second-order valence-electron chi connectivity index (χ2n) is 8.25. The molecule has 1 heterocycles. The van der Waals surface area contributed by atoms with Crippen molar-refractivity contribution >= 4 is 5.78 Å². The predicted molar refractivity (Wildman–Crippen MR) is 90.6 cm³/mol. The van der Waals surface area contributed by atoms with Crippen molar-refractivity contribution in [1.29, 1.82) is 0 Å². The molecule has 1 aromatic rings. The molecule has 0 saturated heterocycles. The molecule has 0 N–H and O–H groups in total. The summed E-state index contributed by atoms with van der Waals surface area (Å²) in [7, 11) is 0. The third-order valence-electron chi connectivity index (χ3n) is 6.99. The lowest BCUT2D eigenvalue weighted by molar-refractivity contribution is -0.684. The number of ketones is 1. The summed E-state index contributed by atoms with van der Waals surface area (Å²) in [6.07, 6.45) is 16.4. The van der Waals surface area contributed by atoms with Crippen molar-refractivity contribution in [3.8, 4) is 0 Å². The minimum Gasteiger partial charge on any atom is -0.292 e. The van der Waals surface area contributed by atoms with Gasteiger partial charge in [-0.1, -0.05) is 44.6 Å². The summed E-state index contributed by atoms with van der Waals surface area (Å²) in [5.74, 6) is 4.29. The van der Waals surface area contributed by atoms with Crippen LogP contribution in [-0.4, -0.2) is 5.78 Å². The van der Waals surface area contributed by atoms with Gasteiger partial charge in [0.2, 0.25) is 12.3 Å². The van der Waals surface area contributed by atoms with Crippen LogP contribution in [0.5, 0.6) is 0 Å². The zero-order chi connectivity index (χ0) is 15.6. The fourth-order valence-electron chi connectivity index (χ4n) is 5.89. The second-order valence-corrected chi connectivity index (χ2v) is 8.25. The molecule has 0 aliphatic heterocycles. The smallest absolute Gasteiger partial charge is 0.206 e. The number of hydrogen-bond donors (Lipinski definition) is 0. The van der Waals surface area contributed by atoms with Gasteiger partial charge in [0, 0.05) is 18.1 Å². The molecule has 1 aromatic heterocycles. The summed E-state index contributed by atoms with van der Waals surface area (Å²) in [5.41, 5.74) is 0. The van der Waals surface area contributed by atoms with Crippen LogP contribution in [0.25, 0.3) is 0 Å². The minimum absolute atomic E-state index is 0.337. The average Bonchev–Trinajstić information content (AvgIpc) is 2.60. The Morgan fingerprint density at radius 3 is 2.30 bits per heavy atom. The molecule has 0 radical (unpaired) electrons. The van der Waals surface area contributed by atoms with Gasteiger partial charge in [-0.3, -0.25) is 4.79 Å². The molecule has 3 aliphatic carbocycles. The SMILES string of the molecule is O=C(C[n+]1ccccc1)[C@H]1CCC[C@@H]2C[C@H]3CCCC[C@H]3C[C@@H]21. The van der Waals surface area contributed by atoms with E-state index in [2.05, 4.69) is 4.57 Å². The molecule has 2 nitrogen and oxygen atoms in total. The van der Waals surface area contributed by atoms with Crippen LogP contribution in [0.3, 0.4) is 0 Å². The van der Waals surface area contributed by atoms with Crippen LogP contribution < -0.4 is 4.57 Å². The van der Waals surface area contributed by atoms with E-state index >= 15 is 0 Å². The molecule has 0 amide bonds. The lowest BCUT2D eigenvalue weighted by atomic mass is 9.56. The van der Waals surface area contributed by atoms with E-state index < -0.39 is 0 Å². The number of carbonyl (C=O) groups is 1. The first-order valence-corrected chi connectivity index (χ1v) is 9.78. The molecule has 2 heteroatoms. The fraction of sp³-hybridized carbons (Fsp3) is 0.714. The molecule has 4 rings (SSSR count). The summed E-state index contributed by atoms with van der Waals surface area (Å²) in [4.78, 5) is 13.0. The molecular formula is C21H30NO+. The second kappa shape index (κ2) is 6.75. The Kier molecular flexibility index (Phi) is 4.50. The Morgan fingerprint density at radius 2 is 1.52 bits per heavy atom. The van der Waals surface area contributed by atoms with E-state index in [1.54, 1.807) is 0 Å². The van der Waals surface area contributed by atoms with Gasteiger partial charge < -0.3 is 0 Å². The fourth-order valence-corrected chi connectivity index (χ4v) is 5.89. The van der Waals surface area contributed by atoms with Crippen molar-refractivity contribution in [2.45, 2.75) is 64.3 Å². The zero-order valence-corrected chi connectivity index (χ0v) is 14.2. The van der Waals surface area contributed by atoms with Gasteiger partial charge in [-0.2, -0.15) is 4.57 Å². The highest BCUT2D eigenvalue weighted by Gasteiger charge is 2.45. The van der Waals surface area contributed by atoms with Crippen molar-refractivity contribution in [3.05, 3.63) is 30.6 Å². The summed E-state index contributed by atoms with van der Waals surface area (Å²) in [5, 5.41) is 0. The summed E-state index contributed by atoms with van der Waals surface area (Å²) >= 11 is 0. The van der Waals surface area contributed by atoms with Gasteiger partial charge in [-0.05, 0) is 42.9 Å². The molecule has 0 aromatic carbocycles. The third-order valence-corrected chi connectivity index (χ3v) is 6.99. The molecule has 3 fully saturated rings. The van der Waals surface area contributed by atoms with Gasteiger partial charge in [-0.15, -0.1) is 0 Å². The van der Waals surface area contributed by atoms with Gasteiger partial charge in [0.25, 0.3) is 0 Å². The molecule has 23 heavy (non-hydrogen) atoms. The van der Waals surface area contributed by atoms with Gasteiger partial charge in [0.15, 0.2) is 12.4 Å². The van der Waals surface area contributed by atoms with E-state index in [-0.39, 0.29) is 0 Å². The first-order chi connectivity index (χ1) is 11.3. The first-order valence-electron chi connectivity index (χ1n) is 9.78. The highest BCUT2D eigenvalue weighted by Crippen LogP contribution is 2.51. The monoisotopic (exact) mass is 312 g/mol. The molecular weight excluding hydrogens is 282 g/mol. The lowest BCUT2D eigenvalue weighted by Gasteiger charge is -2.48. The highest BCUT2D eigenvalue weighted by atomic mass is 16.1. The predicted octanol–water partition coefficient (Wildman–Crippen LogP) is 4.18. The van der Waals surface area contributed by atoms with Crippen molar-refractivity contribution in [3.63, 3.8) is 0 Å². The maximum absolute atomic E-state index is 13.0. The van der Waals surface area contributed by atoms with Crippen LogP contribution in [0.4, 0.5) is 0 Å². The van der Waals surface area contributed by atoms with Crippen molar-refractivity contribution in [2.75, 3.05) is 0 Å². The number of Topliss-reactive ketones (excluding diaryl/α,β-unsaturated/α-hetero) is 1. The summed E-state index contributed by atoms with van der Waals surface area (Å²) in [6, 6.07) is 6.05. The van der Waals surface area contributed by atoms with Gasteiger partial charge in [0.05, 0.1) is 0 Å². The third kappa shape index (κ3) is 3.22. The summed E-state index contributed by atoms with van der Waals surface area (Å²) < 4.78 is 2.05. The Hall–Kier alpha value is -1.18. The Morgan fingerprint density at radius 1 is 0.826 bits per heavy atom. The lowest BCUT2D eigenvalue weighted by Crippen LogP contribution is -2.46. The Bertz CT molecular complexity index is 540. The number of pyridine rings is 1. The standard InChI is InChI=1S/C21H30NO/c23-21(15-22-11-4-1-5-12-22)19-10-6-9-18-13-16-7-2-3-8-17(16)14-20(18)19/h1,4-5,11-12,16-20H,2-3,6-10,13-15H2/q+1/t16-,17+,18-,19+,20+/m1/s1. The van der Waals surface area contributed by atoms with Crippen LogP contribution in [0, 0.1) is 29.6 Å². The Balaban J connectivity index is 1.46. The van der Waals surface area contributed by atoms with E-state index in [9.17, 15) is 4.79 Å². The van der Waals surface area contributed by atoms with Crippen LogP contribution in [-0.2, 0) is 11.3 Å². The summed E-state index contributed by atoms with van der Waals surface area (Å²) in [6.45, 7) is 0.572. The quantitative estimate of drug-likeness (QED) is 0.767. The van der Waals surface area contributed by atoms with Gasteiger partial charge in [-0.25, -0.2) is 0 Å². The highest BCUT2D eigenvalue weighted by molar-refractivity contribution is 5.80. The van der Waals surface area contributed by atoms with Gasteiger partial charge >= 0.3 is 0 Å². The topological polar surface area (TPSA) is 20.9 Å². The van der Waals surface area contributed by atoms with Gasteiger partial charge in [0.1, 0.15) is 0 Å². The van der Waals surface area contributed by atoms with E-state index in [4.69, 9.17) is 0 Å². The van der Waals surface area contributed by atoms with E-state index in [0.717, 1.165) is 24.2 Å². The molecule has 124 valence electrons. The zero-order valence-electron chi connectivity index (χ0n) is 14.2. The van der Waals surface area contributed by atoms with Crippen LogP contribution in [0.2, 0.25) is 0 Å². The minimum atomic E-state index is 0.337. The van der Waals surface area contributed by atoms with Crippen molar-refractivity contribution < 1.29 is 9.36 Å². The molecule has 3 saturated carbocycles. The molecule has 5 atom stereocenters. The first kappa shape index (κ1) is 15.4. The van der Waals surface area contributed by atoms with E-state index in [1.807, 2.05) is 30.6 Å². The van der Waals surface area contributed by atoms with E-state index in [1.165, 1.54) is 51.4 Å². The molecule has 0 bridgehead atoms. The number of carbonyl (C=O) groups excluding carboxylic acids is 1.